The Labute approximate surface area is 116 Å². The molecule has 0 fully saturated rings. The first-order valence-electron chi connectivity index (χ1n) is 6.08. The Morgan fingerprint density at radius 1 is 1.42 bits per heavy atom. The molecular formula is C12H19N3O3S. The average molecular weight is 285 g/mol. The Morgan fingerprint density at radius 3 is 2.58 bits per heavy atom. The summed E-state index contributed by atoms with van der Waals surface area (Å²) in [5, 5.41) is 16.9. The molecule has 106 valence electrons. The van der Waals surface area contributed by atoms with Crippen molar-refractivity contribution in [2.75, 3.05) is 6.54 Å². The summed E-state index contributed by atoms with van der Waals surface area (Å²) < 4.78 is 0. The van der Waals surface area contributed by atoms with Crippen molar-refractivity contribution in [3.63, 3.8) is 0 Å². The molecule has 0 aromatic carbocycles. The van der Waals surface area contributed by atoms with E-state index in [4.69, 9.17) is 5.11 Å². The molecule has 1 rings (SSSR count). The fraction of sp³-hybridized carbons (Fsp3) is 0.583. The van der Waals surface area contributed by atoms with E-state index in [-0.39, 0.29) is 11.8 Å². The minimum absolute atomic E-state index is 0.105. The van der Waals surface area contributed by atoms with Crippen LogP contribution in [0.2, 0.25) is 0 Å². The van der Waals surface area contributed by atoms with Crippen LogP contribution < -0.4 is 10.6 Å². The molecule has 0 aliphatic heterocycles. The minimum Gasteiger partial charge on any atom is -0.480 e. The van der Waals surface area contributed by atoms with Crippen molar-refractivity contribution in [3.8, 4) is 0 Å². The summed E-state index contributed by atoms with van der Waals surface area (Å²) in [4.78, 5) is 26.7. The summed E-state index contributed by atoms with van der Waals surface area (Å²) in [5.41, 5.74) is 0. The first-order valence-corrected chi connectivity index (χ1v) is 6.96. The molecule has 0 spiro atoms. The second-order valence-electron chi connectivity index (χ2n) is 4.69. The van der Waals surface area contributed by atoms with Gasteiger partial charge in [0.1, 0.15) is 6.04 Å². The smallest absolute Gasteiger partial charge is 0.326 e. The zero-order valence-electron chi connectivity index (χ0n) is 11.2. The van der Waals surface area contributed by atoms with Crippen molar-refractivity contribution in [1.82, 2.24) is 15.6 Å². The van der Waals surface area contributed by atoms with Crippen LogP contribution in [0.3, 0.4) is 0 Å². The third-order valence-electron chi connectivity index (χ3n) is 2.66. The maximum atomic E-state index is 11.6. The molecular weight excluding hydrogens is 266 g/mol. The van der Waals surface area contributed by atoms with E-state index in [1.165, 1.54) is 11.3 Å². The van der Waals surface area contributed by atoms with Gasteiger partial charge in [-0.25, -0.2) is 14.6 Å². The molecule has 3 N–H and O–H groups in total. The molecule has 1 aromatic heterocycles. The second-order valence-corrected chi connectivity index (χ2v) is 5.61. The normalized spacial score (nSPS) is 13.9. The van der Waals surface area contributed by atoms with Gasteiger partial charge in [-0.3, -0.25) is 0 Å². The lowest BCUT2D eigenvalue weighted by atomic mass is 10.1. The Kier molecular flexibility index (Phi) is 5.75. The molecule has 0 saturated heterocycles. The van der Waals surface area contributed by atoms with E-state index >= 15 is 0 Å². The third kappa shape index (κ3) is 4.86. The monoisotopic (exact) mass is 285 g/mol. The quantitative estimate of drug-likeness (QED) is 0.741. The van der Waals surface area contributed by atoms with Gasteiger partial charge in [-0.1, -0.05) is 20.8 Å². The maximum absolute atomic E-state index is 11.6. The number of hydrogen-bond donors (Lipinski definition) is 3. The molecule has 0 aliphatic rings. The molecule has 2 amide bonds. The summed E-state index contributed by atoms with van der Waals surface area (Å²) in [6.07, 6.45) is 1.72. The van der Waals surface area contributed by atoms with Gasteiger partial charge >= 0.3 is 12.0 Å². The Balaban J connectivity index is 2.41. The van der Waals surface area contributed by atoms with Crippen molar-refractivity contribution >= 4 is 23.3 Å². The zero-order valence-corrected chi connectivity index (χ0v) is 12.0. The van der Waals surface area contributed by atoms with Crippen molar-refractivity contribution in [3.05, 3.63) is 16.6 Å². The number of amides is 2. The predicted molar refractivity (Wildman–Crippen MR) is 73.3 cm³/mol. The van der Waals surface area contributed by atoms with Crippen LogP contribution in [-0.4, -0.2) is 34.7 Å². The molecule has 2 unspecified atom stereocenters. The molecule has 2 atom stereocenters. The highest BCUT2D eigenvalue weighted by atomic mass is 32.1. The number of carbonyl (C=O) groups excluding carboxylic acids is 1. The number of aromatic nitrogens is 1. The number of carboxylic acids is 1. The number of nitrogens with zero attached hydrogens (tertiary/aromatic N) is 1. The van der Waals surface area contributed by atoms with Crippen LogP contribution in [0.1, 0.15) is 31.7 Å². The van der Waals surface area contributed by atoms with Gasteiger partial charge in [0.15, 0.2) is 0 Å². The number of nitrogens with one attached hydrogen (secondary N) is 2. The van der Waals surface area contributed by atoms with E-state index in [1.807, 2.05) is 12.3 Å². The molecule has 0 radical (unpaired) electrons. The van der Waals surface area contributed by atoms with Crippen LogP contribution >= 0.6 is 11.3 Å². The van der Waals surface area contributed by atoms with Gasteiger partial charge in [0.05, 0.1) is 5.01 Å². The number of rotatable bonds is 6. The molecule has 1 heterocycles. The van der Waals surface area contributed by atoms with Gasteiger partial charge in [-0.05, 0) is 5.92 Å². The fourth-order valence-electron chi connectivity index (χ4n) is 1.52. The minimum atomic E-state index is -1.03. The summed E-state index contributed by atoms with van der Waals surface area (Å²) >= 11 is 1.53. The van der Waals surface area contributed by atoms with E-state index in [1.54, 1.807) is 20.0 Å². The van der Waals surface area contributed by atoms with Gasteiger partial charge in [0.25, 0.3) is 0 Å². The summed E-state index contributed by atoms with van der Waals surface area (Å²) in [6.45, 7) is 5.87. The first-order chi connectivity index (χ1) is 8.91. The van der Waals surface area contributed by atoms with Gasteiger partial charge in [0, 0.05) is 24.0 Å². The Hall–Kier alpha value is -1.63. The number of carboxylic acid groups (broad SMARTS) is 1. The lowest BCUT2D eigenvalue weighted by molar-refractivity contribution is -0.140. The summed E-state index contributed by atoms with van der Waals surface area (Å²) in [6, 6.07) is -1.35. The third-order valence-corrected chi connectivity index (χ3v) is 3.67. The van der Waals surface area contributed by atoms with Crippen LogP contribution in [0, 0.1) is 5.92 Å². The van der Waals surface area contributed by atoms with Gasteiger partial charge in [0.2, 0.25) is 0 Å². The number of urea groups is 1. The van der Waals surface area contributed by atoms with Crippen LogP contribution in [-0.2, 0) is 4.79 Å². The van der Waals surface area contributed by atoms with E-state index in [9.17, 15) is 9.59 Å². The molecule has 19 heavy (non-hydrogen) atoms. The van der Waals surface area contributed by atoms with Crippen molar-refractivity contribution < 1.29 is 14.7 Å². The van der Waals surface area contributed by atoms with Gasteiger partial charge < -0.3 is 15.7 Å². The highest BCUT2D eigenvalue weighted by Gasteiger charge is 2.23. The van der Waals surface area contributed by atoms with E-state index in [2.05, 4.69) is 15.6 Å². The molecule has 0 bridgehead atoms. The largest absolute Gasteiger partial charge is 0.480 e. The average Bonchev–Trinajstić information content (AvgIpc) is 2.85. The van der Waals surface area contributed by atoms with Crippen molar-refractivity contribution in [1.29, 1.82) is 0 Å². The van der Waals surface area contributed by atoms with Crippen LogP contribution in [0.15, 0.2) is 11.6 Å². The van der Waals surface area contributed by atoms with Crippen LogP contribution in [0.25, 0.3) is 0 Å². The van der Waals surface area contributed by atoms with Gasteiger partial charge in [-0.15, -0.1) is 11.3 Å². The van der Waals surface area contributed by atoms with E-state index in [0.717, 1.165) is 5.01 Å². The topological polar surface area (TPSA) is 91.3 Å². The SMILES string of the molecule is CC(CNC(=O)NC(C(=O)O)C(C)C)c1nccs1. The molecule has 0 aliphatic carbocycles. The van der Waals surface area contributed by atoms with Crippen LogP contribution in [0.4, 0.5) is 4.79 Å². The highest BCUT2D eigenvalue weighted by molar-refractivity contribution is 7.09. The van der Waals surface area contributed by atoms with Crippen molar-refractivity contribution in [2.24, 2.45) is 5.92 Å². The number of aliphatic carboxylic acids is 1. The highest BCUT2D eigenvalue weighted by Crippen LogP contribution is 2.16. The number of carbonyl (C=O) groups is 2. The number of hydrogen-bond acceptors (Lipinski definition) is 4. The maximum Gasteiger partial charge on any atom is 0.326 e. The summed E-state index contributed by atoms with van der Waals surface area (Å²) in [5.74, 6) is -1.09. The standard InChI is InChI=1S/C12H19N3O3S/c1-7(2)9(11(16)17)15-12(18)14-6-8(3)10-13-4-5-19-10/h4-5,7-9H,6H2,1-3H3,(H,16,17)(H2,14,15,18). The lowest BCUT2D eigenvalue weighted by Gasteiger charge is -2.19. The van der Waals surface area contributed by atoms with Crippen molar-refractivity contribution in [2.45, 2.75) is 32.7 Å². The molecule has 1 aromatic rings. The molecule has 7 heteroatoms. The first kappa shape index (κ1) is 15.4. The van der Waals surface area contributed by atoms with Crippen LogP contribution in [0.5, 0.6) is 0 Å². The van der Waals surface area contributed by atoms with Gasteiger partial charge in [-0.2, -0.15) is 0 Å². The molecule has 0 saturated carbocycles. The zero-order chi connectivity index (χ0) is 14.4. The summed E-state index contributed by atoms with van der Waals surface area (Å²) in [7, 11) is 0. The fourth-order valence-corrected chi connectivity index (χ4v) is 2.22. The number of thiazole rings is 1. The van der Waals surface area contributed by atoms with E-state index < -0.39 is 18.0 Å². The Morgan fingerprint density at radius 2 is 2.11 bits per heavy atom. The Bertz CT molecular complexity index is 420. The molecule has 6 nitrogen and oxygen atoms in total. The predicted octanol–water partition coefficient (Wildman–Crippen LogP) is 1.65. The van der Waals surface area contributed by atoms with E-state index in [0.29, 0.717) is 6.54 Å². The second kappa shape index (κ2) is 7.08. The lowest BCUT2D eigenvalue weighted by Crippen LogP contribution is -2.49.